The van der Waals surface area contributed by atoms with Crippen LogP contribution in [-0.4, -0.2) is 37.1 Å². The van der Waals surface area contributed by atoms with E-state index in [1.807, 2.05) is 12.1 Å². The topological polar surface area (TPSA) is 41.6 Å². The number of benzene rings is 2. The van der Waals surface area contributed by atoms with Crippen LogP contribution in [0.15, 0.2) is 42.5 Å². The second-order valence-electron chi connectivity index (χ2n) is 6.02. The molecule has 1 amide bonds. The number of ether oxygens (including phenoxy) is 1. The normalized spacial score (nSPS) is 15.1. The van der Waals surface area contributed by atoms with Gasteiger partial charge in [0.15, 0.2) is 0 Å². The van der Waals surface area contributed by atoms with Crippen LogP contribution < -0.4 is 5.32 Å². The Morgan fingerprint density at radius 2 is 1.84 bits per heavy atom. The van der Waals surface area contributed by atoms with Gasteiger partial charge in [-0.3, -0.25) is 9.69 Å². The summed E-state index contributed by atoms with van der Waals surface area (Å²) >= 11 is 11.9. The molecule has 4 nitrogen and oxygen atoms in total. The Morgan fingerprint density at radius 1 is 1.08 bits per heavy atom. The first-order valence-electron chi connectivity index (χ1n) is 8.23. The number of morpholine rings is 1. The molecule has 1 fully saturated rings. The molecule has 0 aliphatic carbocycles. The lowest BCUT2D eigenvalue weighted by Crippen LogP contribution is -2.35. The molecule has 2 aromatic carbocycles. The van der Waals surface area contributed by atoms with E-state index in [4.69, 9.17) is 27.9 Å². The third-order valence-electron chi connectivity index (χ3n) is 4.13. The van der Waals surface area contributed by atoms with Gasteiger partial charge in [-0.1, -0.05) is 47.5 Å². The van der Waals surface area contributed by atoms with E-state index in [9.17, 15) is 4.79 Å². The quantitative estimate of drug-likeness (QED) is 0.860. The first-order chi connectivity index (χ1) is 12.1. The van der Waals surface area contributed by atoms with E-state index in [1.165, 1.54) is 5.56 Å². The summed E-state index contributed by atoms with van der Waals surface area (Å²) in [5, 5.41) is 3.77. The molecule has 132 valence electrons. The summed E-state index contributed by atoms with van der Waals surface area (Å²) in [6.45, 7) is 4.84. The lowest BCUT2D eigenvalue weighted by Gasteiger charge is -2.26. The largest absolute Gasteiger partial charge is 0.379 e. The summed E-state index contributed by atoms with van der Waals surface area (Å²) < 4.78 is 5.38. The number of hydrogen-bond donors (Lipinski definition) is 1. The summed E-state index contributed by atoms with van der Waals surface area (Å²) in [7, 11) is 0. The van der Waals surface area contributed by atoms with Crippen LogP contribution in [0, 0.1) is 0 Å². The van der Waals surface area contributed by atoms with Gasteiger partial charge >= 0.3 is 0 Å². The number of hydrogen-bond acceptors (Lipinski definition) is 3. The minimum absolute atomic E-state index is 0.208. The highest BCUT2D eigenvalue weighted by molar-refractivity contribution is 6.36. The molecule has 3 rings (SSSR count). The van der Waals surface area contributed by atoms with Crippen molar-refractivity contribution >= 4 is 29.1 Å². The van der Waals surface area contributed by atoms with Crippen LogP contribution in [0.25, 0.3) is 0 Å². The van der Waals surface area contributed by atoms with E-state index in [-0.39, 0.29) is 5.91 Å². The molecule has 1 N–H and O–H groups in total. The fraction of sp³-hybridized carbons (Fsp3) is 0.316. The standard InChI is InChI=1S/C19H20Cl2N2O2/c20-16-4-5-17(18(21)11-16)19(24)22-12-14-2-1-3-15(10-14)13-23-6-8-25-9-7-23/h1-5,10-11H,6-9,12-13H2,(H,22,24). The highest BCUT2D eigenvalue weighted by atomic mass is 35.5. The molecule has 6 heteroatoms. The van der Waals surface area contributed by atoms with Crippen molar-refractivity contribution in [3.05, 3.63) is 69.2 Å². The molecule has 2 aromatic rings. The SMILES string of the molecule is O=C(NCc1cccc(CN2CCOCC2)c1)c1ccc(Cl)cc1Cl. The molecule has 0 bridgehead atoms. The first kappa shape index (κ1) is 18.2. The zero-order valence-corrected chi connectivity index (χ0v) is 15.3. The molecule has 1 saturated heterocycles. The van der Waals surface area contributed by atoms with Crippen molar-refractivity contribution in [2.24, 2.45) is 0 Å². The Morgan fingerprint density at radius 3 is 2.60 bits per heavy atom. The van der Waals surface area contributed by atoms with Crippen LogP contribution >= 0.6 is 23.2 Å². The van der Waals surface area contributed by atoms with Gasteiger partial charge in [0.2, 0.25) is 0 Å². The third kappa shape index (κ3) is 5.19. The van der Waals surface area contributed by atoms with Gasteiger partial charge in [-0.2, -0.15) is 0 Å². The zero-order chi connectivity index (χ0) is 17.6. The molecule has 1 aliphatic heterocycles. The Labute approximate surface area is 157 Å². The van der Waals surface area contributed by atoms with Crippen LogP contribution in [-0.2, 0) is 17.8 Å². The van der Waals surface area contributed by atoms with Gasteiger partial charge < -0.3 is 10.1 Å². The van der Waals surface area contributed by atoms with Gasteiger partial charge in [0.25, 0.3) is 5.91 Å². The van der Waals surface area contributed by atoms with Crippen molar-refractivity contribution in [2.75, 3.05) is 26.3 Å². The number of halogens is 2. The minimum Gasteiger partial charge on any atom is -0.379 e. The molecule has 0 spiro atoms. The van der Waals surface area contributed by atoms with Crippen molar-refractivity contribution in [3.8, 4) is 0 Å². The van der Waals surface area contributed by atoms with Crippen molar-refractivity contribution in [1.29, 1.82) is 0 Å². The van der Waals surface area contributed by atoms with E-state index in [2.05, 4.69) is 22.3 Å². The average Bonchev–Trinajstić information content (AvgIpc) is 2.61. The molecule has 1 aliphatic rings. The van der Waals surface area contributed by atoms with E-state index in [0.29, 0.717) is 22.2 Å². The van der Waals surface area contributed by atoms with Crippen LogP contribution in [0.5, 0.6) is 0 Å². The Kier molecular flexibility index (Phi) is 6.32. The second kappa shape index (κ2) is 8.68. The summed E-state index contributed by atoms with van der Waals surface area (Å²) in [6.07, 6.45) is 0. The Hall–Kier alpha value is -1.59. The first-order valence-corrected chi connectivity index (χ1v) is 8.98. The lowest BCUT2D eigenvalue weighted by molar-refractivity contribution is 0.0342. The molecular formula is C19H20Cl2N2O2. The number of nitrogens with zero attached hydrogens (tertiary/aromatic N) is 1. The highest BCUT2D eigenvalue weighted by Gasteiger charge is 2.12. The summed E-state index contributed by atoms with van der Waals surface area (Å²) in [5.41, 5.74) is 2.72. The molecule has 0 radical (unpaired) electrons. The van der Waals surface area contributed by atoms with Gasteiger partial charge in [0.1, 0.15) is 0 Å². The fourth-order valence-corrected chi connectivity index (χ4v) is 3.30. The maximum Gasteiger partial charge on any atom is 0.253 e. The Bertz CT molecular complexity index is 746. The lowest BCUT2D eigenvalue weighted by atomic mass is 10.1. The van der Waals surface area contributed by atoms with Crippen LogP contribution in [0.3, 0.4) is 0 Å². The number of carbonyl (C=O) groups is 1. The molecule has 0 atom stereocenters. The second-order valence-corrected chi connectivity index (χ2v) is 6.86. The predicted molar refractivity (Wildman–Crippen MR) is 100 cm³/mol. The van der Waals surface area contributed by atoms with Gasteiger partial charge in [-0.25, -0.2) is 0 Å². The molecule has 1 heterocycles. The van der Waals surface area contributed by atoms with Crippen molar-refractivity contribution in [2.45, 2.75) is 13.1 Å². The maximum absolute atomic E-state index is 12.3. The van der Waals surface area contributed by atoms with Crippen molar-refractivity contribution < 1.29 is 9.53 Å². The fourth-order valence-electron chi connectivity index (χ4n) is 2.81. The van der Waals surface area contributed by atoms with Crippen molar-refractivity contribution in [3.63, 3.8) is 0 Å². The van der Waals surface area contributed by atoms with Gasteiger partial charge in [0, 0.05) is 31.2 Å². The van der Waals surface area contributed by atoms with Crippen molar-refractivity contribution in [1.82, 2.24) is 10.2 Å². The van der Waals surface area contributed by atoms with E-state index < -0.39 is 0 Å². The summed E-state index contributed by atoms with van der Waals surface area (Å²) in [5.74, 6) is -0.208. The predicted octanol–water partition coefficient (Wildman–Crippen LogP) is 3.76. The molecular weight excluding hydrogens is 359 g/mol. The van der Waals surface area contributed by atoms with Gasteiger partial charge in [-0.15, -0.1) is 0 Å². The molecule has 0 saturated carbocycles. The molecule has 0 unspecified atom stereocenters. The summed E-state index contributed by atoms with van der Waals surface area (Å²) in [4.78, 5) is 14.7. The van der Waals surface area contributed by atoms with Gasteiger partial charge in [0.05, 0.1) is 23.8 Å². The third-order valence-corrected chi connectivity index (χ3v) is 4.68. The van der Waals surface area contributed by atoms with Crippen LogP contribution in [0.1, 0.15) is 21.5 Å². The monoisotopic (exact) mass is 378 g/mol. The summed E-state index contributed by atoms with van der Waals surface area (Å²) in [6, 6.07) is 13.1. The molecule has 25 heavy (non-hydrogen) atoms. The number of carbonyl (C=O) groups excluding carboxylic acids is 1. The molecule has 0 aromatic heterocycles. The zero-order valence-electron chi connectivity index (χ0n) is 13.8. The Balaban J connectivity index is 1.59. The van der Waals surface area contributed by atoms with Gasteiger partial charge in [-0.05, 0) is 29.3 Å². The maximum atomic E-state index is 12.3. The van der Waals surface area contributed by atoms with E-state index in [0.717, 1.165) is 38.4 Å². The number of rotatable bonds is 5. The van der Waals surface area contributed by atoms with E-state index in [1.54, 1.807) is 18.2 Å². The minimum atomic E-state index is -0.208. The van der Waals surface area contributed by atoms with Crippen LogP contribution in [0.2, 0.25) is 10.0 Å². The van der Waals surface area contributed by atoms with Crippen LogP contribution in [0.4, 0.5) is 0 Å². The smallest absolute Gasteiger partial charge is 0.253 e. The average molecular weight is 379 g/mol. The highest BCUT2D eigenvalue weighted by Crippen LogP contribution is 2.21. The van der Waals surface area contributed by atoms with E-state index >= 15 is 0 Å². The number of nitrogens with one attached hydrogen (secondary N) is 1. The number of amides is 1.